The second-order valence-electron chi connectivity index (χ2n) is 4.40. The third-order valence-corrected chi connectivity index (χ3v) is 2.95. The van der Waals surface area contributed by atoms with Crippen LogP contribution in [-0.4, -0.2) is 28.5 Å². The molecule has 1 atom stereocenters. The first kappa shape index (κ1) is 14.3. The van der Waals surface area contributed by atoms with Crippen LogP contribution in [0.1, 0.15) is 23.6 Å². The van der Waals surface area contributed by atoms with Gasteiger partial charge in [0.15, 0.2) is 0 Å². The summed E-state index contributed by atoms with van der Waals surface area (Å²) >= 11 is 0. The predicted octanol–water partition coefficient (Wildman–Crippen LogP) is 1.57. The van der Waals surface area contributed by atoms with Crippen molar-refractivity contribution in [3.8, 4) is 0 Å². The van der Waals surface area contributed by atoms with Gasteiger partial charge in [0.1, 0.15) is 6.54 Å². The summed E-state index contributed by atoms with van der Waals surface area (Å²) in [5.74, 6) is -1.50. The van der Waals surface area contributed by atoms with Gasteiger partial charge in [-0.1, -0.05) is 12.1 Å². The quantitative estimate of drug-likeness (QED) is 0.885. The van der Waals surface area contributed by atoms with Crippen LogP contribution in [-0.2, 0) is 15.8 Å². The van der Waals surface area contributed by atoms with E-state index in [0.717, 1.165) is 12.1 Å². The van der Waals surface area contributed by atoms with Gasteiger partial charge in [-0.15, -0.1) is 0 Å². The van der Waals surface area contributed by atoms with Crippen molar-refractivity contribution in [2.45, 2.75) is 18.6 Å². The van der Waals surface area contributed by atoms with Crippen molar-refractivity contribution in [2.24, 2.45) is 0 Å². The van der Waals surface area contributed by atoms with Crippen molar-refractivity contribution in [3.63, 3.8) is 0 Å². The van der Waals surface area contributed by atoms with Gasteiger partial charge < -0.3 is 5.11 Å². The first-order valence-corrected chi connectivity index (χ1v) is 5.72. The minimum atomic E-state index is -4.43. The first-order chi connectivity index (χ1) is 9.27. The molecule has 1 aromatic rings. The number of carbonyl (C=O) groups is 2. The molecule has 0 aromatic heterocycles. The molecular formula is C12H11F3N2O3. The van der Waals surface area contributed by atoms with E-state index in [2.05, 4.69) is 5.43 Å². The molecule has 108 valence electrons. The lowest BCUT2D eigenvalue weighted by molar-refractivity contribution is -0.139. The Labute approximate surface area is 112 Å². The van der Waals surface area contributed by atoms with E-state index in [0.29, 0.717) is 5.56 Å². The van der Waals surface area contributed by atoms with Gasteiger partial charge >= 0.3 is 12.1 Å². The van der Waals surface area contributed by atoms with Crippen molar-refractivity contribution in [3.05, 3.63) is 35.4 Å². The number of alkyl halides is 3. The van der Waals surface area contributed by atoms with Crippen LogP contribution in [0.3, 0.4) is 0 Å². The number of halogens is 3. The average Bonchev–Trinajstić information content (AvgIpc) is 2.68. The molecule has 2 rings (SSSR count). The lowest BCUT2D eigenvalue weighted by atomic mass is 10.0. The lowest BCUT2D eigenvalue weighted by Crippen LogP contribution is -2.38. The lowest BCUT2D eigenvalue weighted by Gasteiger charge is -2.21. The van der Waals surface area contributed by atoms with Gasteiger partial charge in [-0.05, 0) is 17.7 Å². The largest absolute Gasteiger partial charge is 0.480 e. The molecule has 2 N–H and O–H groups in total. The summed E-state index contributed by atoms with van der Waals surface area (Å²) in [6, 6.07) is 3.75. The number of benzene rings is 1. The number of hydrogen-bond donors (Lipinski definition) is 2. The molecule has 1 amide bonds. The molecule has 1 fully saturated rings. The fraction of sp³-hybridized carbons (Fsp3) is 0.333. The molecule has 1 saturated heterocycles. The molecule has 0 radical (unpaired) electrons. The Morgan fingerprint density at radius 2 is 1.95 bits per heavy atom. The summed E-state index contributed by atoms with van der Waals surface area (Å²) in [6.07, 6.45) is -4.42. The second kappa shape index (κ2) is 5.12. The topological polar surface area (TPSA) is 69.6 Å². The normalized spacial score (nSPS) is 19.9. The molecule has 5 nitrogen and oxygen atoms in total. The van der Waals surface area contributed by atoms with Crippen molar-refractivity contribution in [1.29, 1.82) is 0 Å². The molecule has 1 aliphatic rings. The molecule has 1 heterocycles. The zero-order chi connectivity index (χ0) is 14.9. The molecular weight excluding hydrogens is 277 g/mol. The number of carbonyl (C=O) groups excluding carboxylic acids is 1. The summed E-state index contributed by atoms with van der Waals surface area (Å²) in [7, 11) is 0. The van der Waals surface area contributed by atoms with Crippen LogP contribution >= 0.6 is 0 Å². The highest BCUT2D eigenvalue weighted by Gasteiger charge is 2.34. The average molecular weight is 288 g/mol. The number of carboxylic acid groups (broad SMARTS) is 1. The van der Waals surface area contributed by atoms with Crippen LogP contribution in [0.5, 0.6) is 0 Å². The standard InChI is InChI=1S/C12H11F3N2O3/c13-12(14,15)8-3-1-7(2-4-8)9-5-10(18)16-17(9)6-11(19)20/h1-4,9H,5-6H2,(H,16,18)(H,19,20). The Bertz CT molecular complexity index is 528. The molecule has 1 aliphatic heterocycles. The van der Waals surface area contributed by atoms with Gasteiger partial charge in [0.05, 0.1) is 11.6 Å². The highest BCUT2D eigenvalue weighted by Crippen LogP contribution is 2.32. The van der Waals surface area contributed by atoms with E-state index in [9.17, 15) is 22.8 Å². The predicted molar refractivity (Wildman–Crippen MR) is 61.3 cm³/mol. The smallest absolute Gasteiger partial charge is 0.416 e. The van der Waals surface area contributed by atoms with Crippen molar-refractivity contribution in [1.82, 2.24) is 10.4 Å². The number of rotatable bonds is 3. The summed E-state index contributed by atoms with van der Waals surface area (Å²) in [5, 5.41) is 9.94. The summed E-state index contributed by atoms with van der Waals surface area (Å²) < 4.78 is 37.4. The minimum Gasteiger partial charge on any atom is -0.480 e. The fourth-order valence-electron chi connectivity index (χ4n) is 2.06. The van der Waals surface area contributed by atoms with Gasteiger partial charge in [0.2, 0.25) is 5.91 Å². The third-order valence-electron chi connectivity index (χ3n) is 2.95. The molecule has 20 heavy (non-hydrogen) atoms. The zero-order valence-electron chi connectivity index (χ0n) is 10.1. The van der Waals surface area contributed by atoms with Crippen LogP contribution in [0.4, 0.5) is 13.2 Å². The molecule has 1 aromatic carbocycles. The first-order valence-electron chi connectivity index (χ1n) is 5.72. The summed E-state index contributed by atoms with van der Waals surface area (Å²) in [4.78, 5) is 22.0. The zero-order valence-corrected chi connectivity index (χ0v) is 10.1. The van der Waals surface area contributed by atoms with Crippen LogP contribution in [0.2, 0.25) is 0 Å². The number of amides is 1. The fourth-order valence-corrected chi connectivity index (χ4v) is 2.06. The maximum atomic E-state index is 12.5. The van der Waals surface area contributed by atoms with Crippen LogP contribution in [0, 0.1) is 0 Å². The minimum absolute atomic E-state index is 0.0125. The van der Waals surface area contributed by atoms with E-state index in [1.54, 1.807) is 0 Å². The maximum Gasteiger partial charge on any atom is 0.416 e. The van der Waals surface area contributed by atoms with E-state index in [4.69, 9.17) is 5.11 Å². The summed E-state index contributed by atoms with van der Waals surface area (Å²) in [6.45, 7) is -0.419. The van der Waals surface area contributed by atoms with Gasteiger partial charge in [0, 0.05) is 6.42 Å². The molecule has 0 bridgehead atoms. The van der Waals surface area contributed by atoms with E-state index in [1.807, 2.05) is 0 Å². The Morgan fingerprint density at radius 3 is 2.45 bits per heavy atom. The Kier molecular flexibility index (Phi) is 3.67. The number of aliphatic carboxylic acids is 1. The summed E-state index contributed by atoms with van der Waals surface area (Å²) in [5.41, 5.74) is 2.04. The SMILES string of the molecule is O=C(O)CN1NC(=O)CC1c1ccc(C(F)(F)F)cc1. The maximum absolute atomic E-state index is 12.5. The molecule has 0 spiro atoms. The third kappa shape index (κ3) is 3.08. The number of hydrazine groups is 1. The van der Waals surface area contributed by atoms with Crippen molar-refractivity contribution >= 4 is 11.9 Å². The van der Waals surface area contributed by atoms with Gasteiger partial charge in [0.25, 0.3) is 0 Å². The van der Waals surface area contributed by atoms with Gasteiger partial charge in [-0.2, -0.15) is 13.2 Å². The van der Waals surface area contributed by atoms with Crippen LogP contribution < -0.4 is 5.43 Å². The van der Waals surface area contributed by atoms with Gasteiger partial charge in [-0.25, -0.2) is 5.01 Å². The highest BCUT2D eigenvalue weighted by atomic mass is 19.4. The second-order valence-corrected chi connectivity index (χ2v) is 4.40. The molecule has 0 aliphatic carbocycles. The highest BCUT2D eigenvalue weighted by molar-refractivity contribution is 5.79. The van der Waals surface area contributed by atoms with E-state index >= 15 is 0 Å². The Morgan fingerprint density at radius 1 is 1.35 bits per heavy atom. The Balaban J connectivity index is 2.21. The van der Waals surface area contributed by atoms with Crippen LogP contribution in [0.15, 0.2) is 24.3 Å². The van der Waals surface area contributed by atoms with Crippen LogP contribution in [0.25, 0.3) is 0 Å². The van der Waals surface area contributed by atoms with Gasteiger partial charge in [-0.3, -0.25) is 15.0 Å². The van der Waals surface area contributed by atoms with Crippen molar-refractivity contribution < 1.29 is 27.9 Å². The number of hydrogen-bond acceptors (Lipinski definition) is 3. The molecule has 8 heteroatoms. The number of nitrogens with one attached hydrogen (secondary N) is 1. The Hall–Kier alpha value is -2.09. The van der Waals surface area contributed by atoms with E-state index in [-0.39, 0.29) is 12.3 Å². The van der Waals surface area contributed by atoms with E-state index in [1.165, 1.54) is 17.1 Å². The number of carboxylic acids is 1. The molecule has 1 unspecified atom stereocenters. The monoisotopic (exact) mass is 288 g/mol. The molecule has 0 saturated carbocycles. The van der Waals surface area contributed by atoms with Crippen molar-refractivity contribution in [2.75, 3.05) is 6.54 Å². The van der Waals surface area contributed by atoms with E-state index < -0.39 is 30.3 Å². The number of nitrogens with zero attached hydrogens (tertiary/aromatic N) is 1.